The number of aryl methyl sites for hydroxylation is 1. The van der Waals surface area contributed by atoms with Gasteiger partial charge in [-0.2, -0.15) is 0 Å². The van der Waals surface area contributed by atoms with E-state index >= 15 is 0 Å². The van der Waals surface area contributed by atoms with Crippen molar-refractivity contribution in [2.45, 2.75) is 18.9 Å². The molecule has 0 spiro atoms. The minimum Gasteiger partial charge on any atom is -0.497 e. The number of benzene rings is 1. The number of nitrogens with one attached hydrogen (secondary N) is 1. The van der Waals surface area contributed by atoms with Crippen molar-refractivity contribution in [2.75, 3.05) is 20.2 Å². The molecule has 2 aromatic rings. The largest absolute Gasteiger partial charge is 0.497 e. The maximum Gasteiger partial charge on any atom is 0.318 e. The molecule has 0 aliphatic carbocycles. The van der Waals surface area contributed by atoms with Gasteiger partial charge in [0.15, 0.2) is 0 Å². The van der Waals surface area contributed by atoms with Gasteiger partial charge in [-0.3, -0.25) is 0 Å². The summed E-state index contributed by atoms with van der Waals surface area (Å²) in [6.07, 6.45) is 5.77. The summed E-state index contributed by atoms with van der Waals surface area (Å²) in [5.74, 6) is 1.60. The molecule has 1 aliphatic rings. The first-order chi connectivity index (χ1) is 11.2. The molecule has 6 heteroatoms. The zero-order valence-electron chi connectivity index (χ0n) is 13.5. The number of hydrogen-bond acceptors (Lipinski definition) is 3. The average molecular weight is 314 g/mol. The van der Waals surface area contributed by atoms with Crippen LogP contribution in [-0.2, 0) is 7.05 Å². The first kappa shape index (κ1) is 15.4. The van der Waals surface area contributed by atoms with Gasteiger partial charge in [0.05, 0.1) is 7.11 Å². The Hall–Kier alpha value is -2.50. The number of imidazole rings is 1. The predicted octanol–water partition coefficient (Wildman–Crippen LogP) is 2.32. The normalized spacial score (nSPS) is 15.5. The van der Waals surface area contributed by atoms with Crippen LogP contribution >= 0.6 is 0 Å². The fraction of sp³-hybridized carbons (Fsp3) is 0.412. The van der Waals surface area contributed by atoms with Crippen molar-refractivity contribution in [1.82, 2.24) is 19.8 Å². The lowest BCUT2D eigenvalue weighted by Gasteiger charge is -2.23. The number of nitrogens with zero attached hydrogens (tertiary/aromatic N) is 3. The highest BCUT2D eigenvalue weighted by molar-refractivity contribution is 5.75. The minimum atomic E-state index is -0.283. The fourth-order valence-electron chi connectivity index (χ4n) is 2.88. The highest BCUT2D eigenvalue weighted by atomic mass is 16.5. The molecule has 1 saturated heterocycles. The molecule has 6 nitrogen and oxygen atoms in total. The number of carbonyl (C=O) groups is 1. The Morgan fingerprint density at radius 3 is 2.52 bits per heavy atom. The number of hydrogen-bond donors (Lipinski definition) is 1. The Morgan fingerprint density at radius 1 is 1.26 bits per heavy atom. The first-order valence-corrected chi connectivity index (χ1v) is 7.85. The topological polar surface area (TPSA) is 59.4 Å². The Morgan fingerprint density at radius 2 is 1.96 bits per heavy atom. The lowest BCUT2D eigenvalue weighted by molar-refractivity contribution is 0.206. The van der Waals surface area contributed by atoms with Crippen LogP contribution in [0.25, 0.3) is 0 Å². The van der Waals surface area contributed by atoms with E-state index in [1.54, 1.807) is 13.3 Å². The van der Waals surface area contributed by atoms with Gasteiger partial charge in [0.1, 0.15) is 17.6 Å². The second-order valence-electron chi connectivity index (χ2n) is 5.75. The van der Waals surface area contributed by atoms with E-state index in [1.165, 1.54) is 0 Å². The third-order valence-corrected chi connectivity index (χ3v) is 4.23. The number of likely N-dealkylation sites (tertiary alicyclic amines) is 1. The molecule has 1 N–H and O–H groups in total. The molecule has 1 aromatic carbocycles. The number of urea groups is 1. The van der Waals surface area contributed by atoms with Crippen LogP contribution < -0.4 is 10.1 Å². The standard InChI is InChI=1S/C17H22N4O2/c1-20-12-9-18-16(20)15(13-5-7-14(23-2)8-6-13)19-17(22)21-10-3-4-11-21/h5-9,12,15H,3-4,10-11H2,1-2H3,(H,19,22)/t15-/m1/s1. The summed E-state index contributed by atoms with van der Waals surface area (Å²) in [5.41, 5.74) is 0.979. The monoisotopic (exact) mass is 314 g/mol. The molecule has 0 saturated carbocycles. The molecular formula is C17H22N4O2. The van der Waals surface area contributed by atoms with Crippen LogP contribution in [-0.4, -0.2) is 40.7 Å². The Labute approximate surface area is 136 Å². The number of rotatable bonds is 4. The summed E-state index contributed by atoms with van der Waals surface area (Å²) in [4.78, 5) is 18.8. The third-order valence-electron chi connectivity index (χ3n) is 4.23. The van der Waals surface area contributed by atoms with Crippen LogP contribution in [0, 0.1) is 0 Å². The molecule has 1 fully saturated rings. The molecule has 1 aromatic heterocycles. The van der Waals surface area contributed by atoms with E-state index < -0.39 is 0 Å². The molecule has 122 valence electrons. The van der Waals surface area contributed by atoms with Crippen molar-refractivity contribution in [3.8, 4) is 5.75 Å². The van der Waals surface area contributed by atoms with E-state index in [2.05, 4.69) is 10.3 Å². The quantitative estimate of drug-likeness (QED) is 0.942. The maximum atomic E-state index is 12.5. The lowest BCUT2D eigenvalue weighted by Crippen LogP contribution is -2.41. The van der Waals surface area contributed by atoms with Crippen molar-refractivity contribution < 1.29 is 9.53 Å². The number of ether oxygens (including phenoxy) is 1. The molecule has 1 aliphatic heterocycles. The highest BCUT2D eigenvalue weighted by Crippen LogP contribution is 2.23. The smallest absolute Gasteiger partial charge is 0.318 e. The molecule has 23 heavy (non-hydrogen) atoms. The number of amides is 2. The van der Waals surface area contributed by atoms with Gasteiger partial charge in [0, 0.05) is 32.5 Å². The van der Waals surface area contributed by atoms with E-state index in [1.807, 2.05) is 47.0 Å². The molecule has 0 unspecified atom stereocenters. The molecule has 0 bridgehead atoms. The van der Waals surface area contributed by atoms with Crippen LogP contribution in [0.4, 0.5) is 4.79 Å². The third kappa shape index (κ3) is 3.31. The number of aromatic nitrogens is 2. The summed E-state index contributed by atoms with van der Waals surface area (Å²) in [6, 6.07) is 7.39. The van der Waals surface area contributed by atoms with Gasteiger partial charge in [-0.25, -0.2) is 9.78 Å². The van der Waals surface area contributed by atoms with Crippen molar-refractivity contribution >= 4 is 6.03 Å². The second kappa shape index (κ2) is 6.73. The Bertz CT molecular complexity index is 659. The van der Waals surface area contributed by atoms with Gasteiger partial charge >= 0.3 is 6.03 Å². The fourth-order valence-corrected chi connectivity index (χ4v) is 2.88. The lowest BCUT2D eigenvalue weighted by atomic mass is 10.1. The summed E-state index contributed by atoms with van der Waals surface area (Å²) < 4.78 is 7.14. The summed E-state index contributed by atoms with van der Waals surface area (Å²) in [6.45, 7) is 1.64. The first-order valence-electron chi connectivity index (χ1n) is 7.85. The van der Waals surface area contributed by atoms with Gasteiger partial charge in [-0.15, -0.1) is 0 Å². The predicted molar refractivity (Wildman–Crippen MR) is 87.4 cm³/mol. The van der Waals surface area contributed by atoms with E-state index in [4.69, 9.17) is 4.74 Å². The Kier molecular flexibility index (Phi) is 4.50. The summed E-state index contributed by atoms with van der Waals surface area (Å²) in [7, 11) is 3.57. The number of methoxy groups -OCH3 is 1. The molecule has 2 heterocycles. The Balaban J connectivity index is 1.86. The van der Waals surface area contributed by atoms with E-state index in [9.17, 15) is 4.79 Å². The van der Waals surface area contributed by atoms with Crippen LogP contribution in [0.5, 0.6) is 5.75 Å². The van der Waals surface area contributed by atoms with E-state index in [0.29, 0.717) is 0 Å². The molecule has 3 rings (SSSR count). The van der Waals surface area contributed by atoms with Gasteiger partial charge in [0.2, 0.25) is 0 Å². The van der Waals surface area contributed by atoms with Crippen LogP contribution in [0.2, 0.25) is 0 Å². The van der Waals surface area contributed by atoms with Crippen molar-refractivity contribution in [3.05, 3.63) is 48.0 Å². The zero-order chi connectivity index (χ0) is 16.2. The average Bonchev–Trinajstić information content (AvgIpc) is 3.24. The molecular weight excluding hydrogens is 292 g/mol. The van der Waals surface area contributed by atoms with Crippen LogP contribution in [0.15, 0.2) is 36.7 Å². The minimum absolute atomic E-state index is 0.0358. The molecule has 1 atom stereocenters. The van der Waals surface area contributed by atoms with Gasteiger partial charge in [0.25, 0.3) is 0 Å². The molecule has 0 radical (unpaired) electrons. The summed E-state index contributed by atoms with van der Waals surface area (Å²) >= 11 is 0. The molecule has 2 amide bonds. The van der Waals surface area contributed by atoms with E-state index in [-0.39, 0.29) is 12.1 Å². The van der Waals surface area contributed by atoms with Gasteiger partial charge < -0.3 is 19.5 Å². The SMILES string of the molecule is COc1ccc([C@@H](NC(=O)N2CCCC2)c2nccn2C)cc1. The van der Waals surface area contributed by atoms with Gasteiger partial charge in [-0.05, 0) is 30.5 Å². The van der Waals surface area contributed by atoms with Crippen molar-refractivity contribution in [3.63, 3.8) is 0 Å². The van der Waals surface area contributed by atoms with Crippen LogP contribution in [0.1, 0.15) is 30.3 Å². The van der Waals surface area contributed by atoms with Crippen LogP contribution in [0.3, 0.4) is 0 Å². The van der Waals surface area contributed by atoms with Gasteiger partial charge in [-0.1, -0.05) is 12.1 Å². The van der Waals surface area contributed by atoms with Crippen molar-refractivity contribution in [2.24, 2.45) is 7.05 Å². The zero-order valence-corrected chi connectivity index (χ0v) is 13.5. The maximum absolute atomic E-state index is 12.5. The summed E-state index contributed by atoms with van der Waals surface area (Å²) in [5, 5.41) is 3.12. The number of carbonyl (C=O) groups excluding carboxylic acids is 1. The van der Waals surface area contributed by atoms with Crippen molar-refractivity contribution in [1.29, 1.82) is 0 Å². The highest BCUT2D eigenvalue weighted by Gasteiger charge is 2.25. The second-order valence-corrected chi connectivity index (χ2v) is 5.75. The van der Waals surface area contributed by atoms with E-state index in [0.717, 1.165) is 43.1 Å².